The molecule has 0 saturated heterocycles. The lowest BCUT2D eigenvalue weighted by Crippen LogP contribution is -2.23. The molecular weight excluding hydrogens is 357 g/mol. The van der Waals surface area contributed by atoms with Gasteiger partial charge in [0, 0.05) is 12.1 Å². The number of hydrogen-bond acceptors (Lipinski definition) is 3. The summed E-state index contributed by atoms with van der Waals surface area (Å²) in [6, 6.07) is 12.1. The number of nitrogens with zero attached hydrogens (tertiary/aromatic N) is 1. The van der Waals surface area contributed by atoms with Gasteiger partial charge in [-0.2, -0.15) is 13.2 Å². The van der Waals surface area contributed by atoms with Gasteiger partial charge in [0.1, 0.15) is 5.56 Å². The van der Waals surface area contributed by atoms with E-state index >= 15 is 0 Å². The maximum atomic E-state index is 12.6. The molecule has 0 atom stereocenters. The zero-order valence-corrected chi connectivity index (χ0v) is 14.7. The van der Waals surface area contributed by atoms with Crippen molar-refractivity contribution >= 4 is 5.91 Å². The predicted octanol–water partition coefficient (Wildman–Crippen LogP) is 4.91. The molecule has 3 aromatic rings. The molecule has 27 heavy (non-hydrogen) atoms. The Morgan fingerprint density at radius 3 is 2.37 bits per heavy atom. The molecule has 0 aliphatic rings. The summed E-state index contributed by atoms with van der Waals surface area (Å²) >= 11 is 0. The second kappa shape index (κ2) is 7.26. The van der Waals surface area contributed by atoms with E-state index in [2.05, 4.69) is 10.5 Å². The van der Waals surface area contributed by atoms with Gasteiger partial charge >= 0.3 is 6.18 Å². The van der Waals surface area contributed by atoms with Crippen molar-refractivity contribution in [3.63, 3.8) is 0 Å². The number of aromatic nitrogens is 1. The zero-order chi connectivity index (χ0) is 19.6. The van der Waals surface area contributed by atoms with Crippen LogP contribution in [0.5, 0.6) is 0 Å². The number of halogens is 3. The molecule has 0 spiro atoms. The van der Waals surface area contributed by atoms with Gasteiger partial charge in [-0.15, -0.1) is 0 Å². The number of aryl methyl sites for hydroxylation is 2. The van der Waals surface area contributed by atoms with Gasteiger partial charge in [0.15, 0.2) is 5.76 Å². The molecule has 4 nitrogen and oxygen atoms in total. The van der Waals surface area contributed by atoms with Crippen LogP contribution in [0.1, 0.15) is 32.7 Å². The standard InChI is InChI=1S/C20H17F3N2O2/c1-12-5-3-4-6-16(12)18-17(13(2)25-27-18)19(26)24-11-14-7-9-15(10-8-14)20(21,22)23/h3-10H,11H2,1-2H3,(H,24,26). The predicted molar refractivity (Wildman–Crippen MR) is 94.0 cm³/mol. The van der Waals surface area contributed by atoms with Crippen LogP contribution >= 0.6 is 0 Å². The Labute approximate surface area is 154 Å². The number of amides is 1. The van der Waals surface area contributed by atoms with E-state index in [4.69, 9.17) is 4.52 Å². The quantitative estimate of drug-likeness (QED) is 0.706. The van der Waals surface area contributed by atoms with Gasteiger partial charge in [0.25, 0.3) is 5.91 Å². The molecule has 2 aromatic carbocycles. The Bertz CT molecular complexity index is 960. The van der Waals surface area contributed by atoms with Crippen LogP contribution < -0.4 is 5.32 Å². The second-order valence-corrected chi connectivity index (χ2v) is 6.16. The summed E-state index contributed by atoms with van der Waals surface area (Å²) in [5.74, 6) is -0.0255. The van der Waals surface area contributed by atoms with Gasteiger partial charge in [-0.25, -0.2) is 0 Å². The zero-order valence-electron chi connectivity index (χ0n) is 14.7. The van der Waals surface area contributed by atoms with Crippen LogP contribution in [-0.2, 0) is 12.7 Å². The highest BCUT2D eigenvalue weighted by Crippen LogP contribution is 2.30. The summed E-state index contributed by atoms with van der Waals surface area (Å²) in [6.45, 7) is 3.66. The molecule has 1 N–H and O–H groups in total. The highest BCUT2D eigenvalue weighted by atomic mass is 19.4. The first-order valence-electron chi connectivity index (χ1n) is 8.24. The minimum absolute atomic E-state index is 0.0921. The molecule has 1 amide bonds. The molecule has 0 bridgehead atoms. The van der Waals surface area contributed by atoms with E-state index in [1.54, 1.807) is 6.92 Å². The Morgan fingerprint density at radius 2 is 1.74 bits per heavy atom. The molecule has 0 aliphatic carbocycles. The van der Waals surface area contributed by atoms with Gasteiger partial charge in [0.2, 0.25) is 0 Å². The van der Waals surface area contributed by atoms with Gasteiger partial charge in [-0.05, 0) is 37.1 Å². The Kier molecular flexibility index (Phi) is 5.03. The molecule has 0 unspecified atom stereocenters. The van der Waals surface area contributed by atoms with E-state index in [-0.39, 0.29) is 6.54 Å². The maximum absolute atomic E-state index is 12.6. The first-order chi connectivity index (χ1) is 12.8. The summed E-state index contributed by atoms with van der Waals surface area (Å²) in [7, 11) is 0. The lowest BCUT2D eigenvalue weighted by Gasteiger charge is -2.09. The molecule has 0 saturated carbocycles. The van der Waals surface area contributed by atoms with E-state index in [0.717, 1.165) is 23.3 Å². The number of nitrogens with one attached hydrogen (secondary N) is 1. The summed E-state index contributed by atoms with van der Waals surface area (Å²) in [6.07, 6.45) is -4.39. The van der Waals surface area contributed by atoms with Crippen molar-refractivity contribution in [1.29, 1.82) is 0 Å². The molecule has 1 heterocycles. The van der Waals surface area contributed by atoms with Gasteiger partial charge < -0.3 is 9.84 Å². The third kappa shape index (κ3) is 4.02. The summed E-state index contributed by atoms with van der Waals surface area (Å²) < 4.78 is 43.2. The number of alkyl halides is 3. The van der Waals surface area contributed by atoms with Crippen LogP contribution in [0.25, 0.3) is 11.3 Å². The lowest BCUT2D eigenvalue weighted by atomic mass is 10.0. The van der Waals surface area contributed by atoms with Crippen LogP contribution in [0, 0.1) is 13.8 Å². The fourth-order valence-electron chi connectivity index (χ4n) is 2.73. The highest BCUT2D eigenvalue weighted by molar-refractivity contribution is 6.00. The fourth-order valence-corrected chi connectivity index (χ4v) is 2.73. The molecule has 0 aliphatic heterocycles. The number of rotatable bonds is 4. The van der Waals surface area contributed by atoms with Gasteiger partial charge in [-0.3, -0.25) is 4.79 Å². The van der Waals surface area contributed by atoms with Crippen molar-refractivity contribution in [3.8, 4) is 11.3 Å². The van der Waals surface area contributed by atoms with E-state index in [0.29, 0.717) is 22.6 Å². The van der Waals surface area contributed by atoms with Crippen molar-refractivity contribution in [1.82, 2.24) is 10.5 Å². The molecule has 0 radical (unpaired) electrons. The van der Waals surface area contributed by atoms with Crippen LogP contribution in [0.3, 0.4) is 0 Å². The lowest BCUT2D eigenvalue weighted by molar-refractivity contribution is -0.137. The molecule has 0 fully saturated rings. The van der Waals surface area contributed by atoms with E-state index < -0.39 is 17.6 Å². The first kappa shape index (κ1) is 18.7. The number of carbonyl (C=O) groups is 1. The largest absolute Gasteiger partial charge is 0.416 e. The molecular formula is C20H17F3N2O2. The number of benzene rings is 2. The topological polar surface area (TPSA) is 55.1 Å². The highest BCUT2D eigenvalue weighted by Gasteiger charge is 2.30. The summed E-state index contributed by atoms with van der Waals surface area (Å²) in [5.41, 5.74) is 2.29. The SMILES string of the molecule is Cc1ccccc1-c1onc(C)c1C(=O)NCc1ccc(C(F)(F)F)cc1. The third-order valence-corrected chi connectivity index (χ3v) is 4.21. The van der Waals surface area contributed by atoms with Crippen LogP contribution in [-0.4, -0.2) is 11.1 Å². The first-order valence-corrected chi connectivity index (χ1v) is 8.24. The van der Waals surface area contributed by atoms with Crippen molar-refractivity contribution in [2.24, 2.45) is 0 Å². The fraction of sp³-hybridized carbons (Fsp3) is 0.200. The van der Waals surface area contributed by atoms with Crippen LogP contribution in [0.15, 0.2) is 53.1 Å². The van der Waals surface area contributed by atoms with Crippen molar-refractivity contribution in [3.05, 3.63) is 76.5 Å². The minimum atomic E-state index is -4.39. The monoisotopic (exact) mass is 374 g/mol. The summed E-state index contributed by atoms with van der Waals surface area (Å²) in [4.78, 5) is 12.6. The van der Waals surface area contributed by atoms with Gasteiger partial charge in [-0.1, -0.05) is 41.6 Å². The average Bonchev–Trinajstić information content (AvgIpc) is 3.01. The second-order valence-electron chi connectivity index (χ2n) is 6.16. The van der Waals surface area contributed by atoms with E-state index in [9.17, 15) is 18.0 Å². The molecule has 3 rings (SSSR count). The Balaban J connectivity index is 1.78. The number of carbonyl (C=O) groups excluding carboxylic acids is 1. The van der Waals surface area contributed by atoms with Gasteiger partial charge in [0.05, 0.1) is 11.3 Å². The van der Waals surface area contributed by atoms with Crippen molar-refractivity contribution in [2.45, 2.75) is 26.6 Å². The normalized spacial score (nSPS) is 11.4. The summed E-state index contributed by atoms with van der Waals surface area (Å²) in [5, 5.41) is 6.60. The van der Waals surface area contributed by atoms with E-state index in [1.807, 2.05) is 31.2 Å². The molecule has 140 valence electrons. The Morgan fingerprint density at radius 1 is 1.07 bits per heavy atom. The minimum Gasteiger partial charge on any atom is -0.355 e. The number of hydrogen-bond donors (Lipinski definition) is 1. The van der Waals surface area contributed by atoms with Crippen LogP contribution in [0.4, 0.5) is 13.2 Å². The van der Waals surface area contributed by atoms with E-state index in [1.165, 1.54) is 12.1 Å². The maximum Gasteiger partial charge on any atom is 0.416 e. The van der Waals surface area contributed by atoms with Crippen molar-refractivity contribution in [2.75, 3.05) is 0 Å². The Hall–Kier alpha value is -3.09. The third-order valence-electron chi connectivity index (χ3n) is 4.21. The van der Waals surface area contributed by atoms with Crippen LogP contribution in [0.2, 0.25) is 0 Å². The smallest absolute Gasteiger partial charge is 0.355 e. The van der Waals surface area contributed by atoms with Crippen molar-refractivity contribution < 1.29 is 22.5 Å². The average molecular weight is 374 g/mol. The molecule has 7 heteroatoms. The molecule has 1 aromatic heterocycles.